The van der Waals surface area contributed by atoms with Crippen molar-refractivity contribution in [3.8, 4) is 23.3 Å². The molecule has 0 amide bonds. The predicted octanol–water partition coefficient (Wildman–Crippen LogP) is 5.22. The van der Waals surface area contributed by atoms with Crippen molar-refractivity contribution < 1.29 is 19.0 Å². The van der Waals surface area contributed by atoms with Crippen molar-refractivity contribution in [2.75, 3.05) is 20.3 Å². The lowest BCUT2D eigenvalue weighted by Crippen LogP contribution is -2.13. The number of pyridine rings is 1. The van der Waals surface area contributed by atoms with Gasteiger partial charge < -0.3 is 14.2 Å². The van der Waals surface area contributed by atoms with Crippen molar-refractivity contribution in [2.24, 2.45) is 0 Å². The van der Waals surface area contributed by atoms with Gasteiger partial charge in [0.15, 0.2) is 6.61 Å². The molecule has 0 radical (unpaired) electrons. The molecule has 0 unspecified atom stereocenters. The van der Waals surface area contributed by atoms with Crippen molar-refractivity contribution >= 4 is 27.5 Å². The number of carbonyl (C=O) groups is 1. The Bertz CT molecular complexity index is 1150. The Kier molecular flexibility index (Phi) is 8.47. The van der Waals surface area contributed by atoms with E-state index in [0.29, 0.717) is 23.8 Å². The highest BCUT2D eigenvalue weighted by Gasteiger charge is 2.06. The largest absolute Gasteiger partial charge is 0.489 e. The molecule has 0 aliphatic rings. The molecule has 0 bridgehead atoms. The van der Waals surface area contributed by atoms with Crippen LogP contribution < -0.4 is 9.47 Å². The number of carbonyl (C=O) groups excluding carboxylic acids is 1. The minimum absolute atomic E-state index is 0.133. The molecule has 5 nitrogen and oxygen atoms in total. The summed E-state index contributed by atoms with van der Waals surface area (Å²) in [5.41, 5.74) is 3.40. The number of benzene rings is 2. The maximum atomic E-state index is 11.3. The van der Waals surface area contributed by atoms with Crippen LogP contribution in [0.3, 0.4) is 0 Å². The number of allylic oxidation sites excluding steroid dienone is 1. The molecule has 3 rings (SSSR count). The lowest BCUT2D eigenvalue weighted by Gasteiger charge is -2.10. The van der Waals surface area contributed by atoms with Crippen LogP contribution >= 0.6 is 15.9 Å². The molecular formula is C26H22BrNO4. The molecule has 0 atom stereocenters. The summed E-state index contributed by atoms with van der Waals surface area (Å²) in [6, 6.07) is 19.0. The van der Waals surface area contributed by atoms with Crippen LogP contribution in [0, 0.1) is 18.8 Å². The normalized spacial score (nSPS) is 10.7. The van der Waals surface area contributed by atoms with Crippen molar-refractivity contribution in [3.05, 3.63) is 94.2 Å². The van der Waals surface area contributed by atoms with Gasteiger partial charge in [-0.1, -0.05) is 40.0 Å². The van der Waals surface area contributed by atoms with E-state index in [2.05, 4.69) is 37.5 Å². The maximum Gasteiger partial charge on any atom is 0.343 e. The molecule has 6 heteroatoms. The van der Waals surface area contributed by atoms with E-state index in [1.807, 2.05) is 61.5 Å². The first-order valence-corrected chi connectivity index (χ1v) is 10.7. The van der Waals surface area contributed by atoms with Crippen molar-refractivity contribution in [2.45, 2.75) is 6.92 Å². The molecule has 0 N–H and O–H groups in total. The number of esters is 1. The Morgan fingerprint density at radius 1 is 1.09 bits per heavy atom. The number of aryl methyl sites for hydroxylation is 1. The summed E-state index contributed by atoms with van der Waals surface area (Å²) < 4.78 is 16.9. The summed E-state index contributed by atoms with van der Waals surface area (Å²) in [5, 5.41) is 0. The molecule has 0 saturated heterocycles. The highest BCUT2D eigenvalue weighted by Crippen LogP contribution is 2.24. The summed E-state index contributed by atoms with van der Waals surface area (Å²) in [6.07, 6.45) is 3.66. The standard InChI is InChI=1S/C26H22BrNO4/c1-19-17-24(12-13-25(19)32-18-26(29)30-2)31-16-14-21(20-6-9-22(27)10-7-20)8-11-23-5-3-4-15-28-23/h3-7,9-10,12-15,17H,16,18H2,1-2H3. The zero-order valence-electron chi connectivity index (χ0n) is 17.8. The minimum Gasteiger partial charge on any atom is -0.489 e. The fourth-order valence-corrected chi connectivity index (χ4v) is 2.99. The van der Waals surface area contributed by atoms with Crippen molar-refractivity contribution in [1.82, 2.24) is 4.98 Å². The van der Waals surface area contributed by atoms with Gasteiger partial charge in [0.1, 0.15) is 23.8 Å². The molecule has 0 fully saturated rings. The molecule has 162 valence electrons. The first-order valence-electron chi connectivity index (χ1n) is 9.87. The number of nitrogens with zero attached hydrogens (tertiary/aromatic N) is 1. The van der Waals surface area contributed by atoms with Crippen LogP contribution in [0.1, 0.15) is 16.8 Å². The van der Waals surface area contributed by atoms with Crippen LogP contribution in [0.15, 0.2) is 77.4 Å². The van der Waals surface area contributed by atoms with Gasteiger partial charge in [-0.05, 0) is 72.5 Å². The lowest BCUT2D eigenvalue weighted by molar-refractivity contribution is -0.142. The Hall–Kier alpha value is -3.56. The van der Waals surface area contributed by atoms with E-state index < -0.39 is 5.97 Å². The topological polar surface area (TPSA) is 57.7 Å². The average Bonchev–Trinajstić information content (AvgIpc) is 2.81. The second kappa shape index (κ2) is 11.7. The molecule has 2 aromatic carbocycles. The Morgan fingerprint density at radius 3 is 2.59 bits per heavy atom. The van der Waals surface area contributed by atoms with Gasteiger partial charge in [-0.3, -0.25) is 0 Å². The highest BCUT2D eigenvalue weighted by atomic mass is 79.9. The molecule has 32 heavy (non-hydrogen) atoms. The second-order valence-corrected chi connectivity index (χ2v) is 7.61. The van der Waals surface area contributed by atoms with Crippen molar-refractivity contribution in [3.63, 3.8) is 0 Å². The Balaban J connectivity index is 1.73. The van der Waals surface area contributed by atoms with Gasteiger partial charge in [-0.25, -0.2) is 9.78 Å². The fourth-order valence-electron chi connectivity index (χ4n) is 2.73. The third kappa shape index (κ3) is 7.00. The first kappa shape index (κ1) is 23.1. The minimum atomic E-state index is -0.429. The molecule has 3 aromatic rings. The van der Waals surface area contributed by atoms with Gasteiger partial charge in [-0.2, -0.15) is 0 Å². The van der Waals surface area contributed by atoms with Gasteiger partial charge in [0, 0.05) is 16.2 Å². The van der Waals surface area contributed by atoms with Gasteiger partial charge in [0.05, 0.1) is 7.11 Å². The molecule has 0 aliphatic carbocycles. The van der Waals surface area contributed by atoms with Gasteiger partial charge >= 0.3 is 5.97 Å². The van der Waals surface area contributed by atoms with Crippen LogP contribution in [0.25, 0.3) is 5.57 Å². The zero-order chi connectivity index (χ0) is 22.8. The quantitative estimate of drug-likeness (QED) is 0.335. The first-order chi connectivity index (χ1) is 15.5. The molecule has 1 heterocycles. The number of hydrogen-bond acceptors (Lipinski definition) is 5. The summed E-state index contributed by atoms with van der Waals surface area (Å²) in [7, 11) is 1.33. The zero-order valence-corrected chi connectivity index (χ0v) is 19.4. The highest BCUT2D eigenvalue weighted by molar-refractivity contribution is 9.10. The predicted molar refractivity (Wildman–Crippen MR) is 127 cm³/mol. The Morgan fingerprint density at radius 2 is 1.91 bits per heavy atom. The summed E-state index contributed by atoms with van der Waals surface area (Å²) >= 11 is 3.46. The van der Waals surface area contributed by atoms with Crippen LogP contribution in [0.4, 0.5) is 0 Å². The molecule has 0 saturated carbocycles. The lowest BCUT2D eigenvalue weighted by atomic mass is 10.1. The van der Waals surface area contributed by atoms with Crippen LogP contribution in [-0.2, 0) is 9.53 Å². The van der Waals surface area contributed by atoms with E-state index in [-0.39, 0.29) is 6.61 Å². The third-order valence-electron chi connectivity index (χ3n) is 4.40. The number of halogens is 1. The number of ether oxygens (including phenoxy) is 3. The molecule has 1 aromatic heterocycles. The number of hydrogen-bond donors (Lipinski definition) is 0. The molecular weight excluding hydrogens is 470 g/mol. The number of methoxy groups -OCH3 is 1. The van der Waals surface area contributed by atoms with Gasteiger partial charge in [0.2, 0.25) is 0 Å². The van der Waals surface area contributed by atoms with E-state index in [9.17, 15) is 4.79 Å². The molecule has 0 spiro atoms. The van der Waals surface area contributed by atoms with Crippen LogP contribution in [-0.4, -0.2) is 31.3 Å². The van der Waals surface area contributed by atoms with E-state index >= 15 is 0 Å². The maximum absolute atomic E-state index is 11.3. The smallest absolute Gasteiger partial charge is 0.343 e. The summed E-state index contributed by atoms with van der Waals surface area (Å²) in [4.78, 5) is 15.5. The summed E-state index contributed by atoms with van der Waals surface area (Å²) in [5.74, 6) is 7.17. The van der Waals surface area contributed by atoms with E-state index in [1.165, 1.54) is 7.11 Å². The number of aromatic nitrogens is 1. The van der Waals surface area contributed by atoms with Crippen LogP contribution in [0.5, 0.6) is 11.5 Å². The van der Waals surface area contributed by atoms with E-state index in [4.69, 9.17) is 9.47 Å². The number of rotatable bonds is 7. The average molecular weight is 492 g/mol. The molecule has 0 aliphatic heterocycles. The summed E-state index contributed by atoms with van der Waals surface area (Å²) in [6.45, 7) is 2.09. The van der Waals surface area contributed by atoms with Gasteiger partial charge in [0.25, 0.3) is 0 Å². The Labute approximate surface area is 196 Å². The van der Waals surface area contributed by atoms with E-state index in [0.717, 1.165) is 21.2 Å². The SMILES string of the molecule is COC(=O)COc1ccc(OCC=C(C#Cc2ccccn2)c2ccc(Br)cc2)cc1C. The van der Waals surface area contributed by atoms with E-state index in [1.54, 1.807) is 18.3 Å². The third-order valence-corrected chi connectivity index (χ3v) is 4.93. The van der Waals surface area contributed by atoms with Crippen LogP contribution in [0.2, 0.25) is 0 Å². The fraction of sp³-hybridized carbons (Fsp3) is 0.154. The van der Waals surface area contributed by atoms with Gasteiger partial charge in [-0.15, -0.1) is 0 Å². The monoisotopic (exact) mass is 491 g/mol. The second-order valence-electron chi connectivity index (χ2n) is 6.69. The van der Waals surface area contributed by atoms with Crippen molar-refractivity contribution in [1.29, 1.82) is 0 Å².